The highest BCUT2D eigenvalue weighted by molar-refractivity contribution is 7.79. The molecule has 188 valence electrons. The third-order valence-electron chi connectivity index (χ3n) is 6.83. The molecule has 0 saturated carbocycles. The first kappa shape index (κ1) is 27.7. The molecule has 0 radical (unpaired) electrons. The minimum atomic E-state index is -0.699. The topological polar surface area (TPSA) is 0 Å². The second-order valence-electron chi connectivity index (χ2n) is 14.2. The Balaban J connectivity index is 2.40. The molecule has 0 fully saturated rings. The van der Waals surface area contributed by atoms with Crippen molar-refractivity contribution in [3.63, 3.8) is 0 Å². The fourth-order valence-corrected chi connectivity index (χ4v) is 6.67. The van der Waals surface area contributed by atoms with Gasteiger partial charge in [0.15, 0.2) is 0 Å². The lowest BCUT2D eigenvalue weighted by atomic mass is 9.81. The van der Waals surface area contributed by atoms with Crippen LogP contribution < -0.4 is 15.9 Å². The molecule has 0 spiro atoms. The number of hydrogen-bond donors (Lipinski definition) is 0. The zero-order valence-electron chi connectivity index (χ0n) is 24.3. The van der Waals surface area contributed by atoms with Gasteiger partial charge in [-0.15, -0.1) is 0 Å². The van der Waals surface area contributed by atoms with E-state index in [4.69, 9.17) is 0 Å². The Labute approximate surface area is 217 Å². The smallest absolute Gasteiger partial charge is 0.0132 e. The largest absolute Gasteiger partial charge is 0.0622 e. The van der Waals surface area contributed by atoms with E-state index in [-0.39, 0.29) is 21.7 Å². The van der Waals surface area contributed by atoms with E-state index in [9.17, 15) is 0 Å². The Morgan fingerprint density at radius 1 is 0.371 bits per heavy atom. The van der Waals surface area contributed by atoms with Crippen molar-refractivity contribution in [3.8, 4) is 0 Å². The van der Waals surface area contributed by atoms with E-state index in [2.05, 4.69) is 150 Å². The van der Waals surface area contributed by atoms with Crippen molar-refractivity contribution in [2.24, 2.45) is 0 Å². The van der Waals surface area contributed by atoms with Crippen molar-refractivity contribution in [1.82, 2.24) is 0 Å². The summed E-state index contributed by atoms with van der Waals surface area (Å²) in [5, 5.41) is 4.32. The van der Waals surface area contributed by atoms with Gasteiger partial charge in [0.05, 0.1) is 0 Å². The predicted octanol–water partition coefficient (Wildman–Crippen LogP) is 8.63. The second-order valence-corrected chi connectivity index (χ2v) is 16.4. The lowest BCUT2D eigenvalue weighted by molar-refractivity contribution is 0.569. The Morgan fingerprint density at radius 2 is 0.657 bits per heavy atom. The molecule has 0 aliphatic heterocycles. The first-order valence-corrected chi connectivity index (χ1v) is 14.4. The second kappa shape index (κ2) is 9.52. The number of rotatable bonds is 3. The monoisotopic (exact) mass is 486 g/mol. The fraction of sp³-hybridized carbons (Fsp3) is 0.471. The summed E-state index contributed by atoms with van der Waals surface area (Å²) >= 11 is 0. The molecular weight excluding hydrogens is 439 g/mol. The van der Waals surface area contributed by atoms with Crippen LogP contribution in [0.4, 0.5) is 0 Å². The standard InChI is InChI=1S/C34H47P/c1-31(2,3)24-18-25(32(4,5)6)21-29(20-24)35(28-16-14-13-15-17-28)30-22-26(33(7,8)9)19-27(23-30)34(10,11)12/h13-23H,1-12H3. The van der Waals surface area contributed by atoms with Gasteiger partial charge in [0.25, 0.3) is 0 Å². The van der Waals surface area contributed by atoms with Crippen LogP contribution in [-0.2, 0) is 21.7 Å². The van der Waals surface area contributed by atoms with E-state index in [1.807, 2.05) is 0 Å². The Bertz CT molecular complexity index is 1020. The third kappa shape index (κ3) is 6.65. The van der Waals surface area contributed by atoms with Gasteiger partial charge in [0.2, 0.25) is 0 Å². The van der Waals surface area contributed by atoms with Gasteiger partial charge in [0.1, 0.15) is 0 Å². The van der Waals surface area contributed by atoms with Gasteiger partial charge in [-0.1, -0.05) is 150 Å². The van der Waals surface area contributed by atoms with Crippen molar-refractivity contribution >= 4 is 23.8 Å². The lowest BCUT2D eigenvalue weighted by Gasteiger charge is -2.31. The molecule has 0 nitrogen and oxygen atoms in total. The molecule has 3 aromatic carbocycles. The molecule has 3 rings (SSSR count). The van der Waals surface area contributed by atoms with Crippen LogP contribution >= 0.6 is 7.92 Å². The van der Waals surface area contributed by atoms with Gasteiger partial charge in [-0.3, -0.25) is 0 Å². The minimum absolute atomic E-state index is 0.0948. The van der Waals surface area contributed by atoms with E-state index in [1.54, 1.807) is 0 Å². The highest BCUT2D eigenvalue weighted by Gasteiger charge is 2.27. The van der Waals surface area contributed by atoms with Crippen molar-refractivity contribution in [2.45, 2.75) is 105 Å². The Morgan fingerprint density at radius 3 is 0.914 bits per heavy atom. The predicted molar refractivity (Wildman–Crippen MR) is 160 cm³/mol. The average Bonchev–Trinajstić information content (AvgIpc) is 2.72. The summed E-state index contributed by atoms with van der Waals surface area (Å²) in [7, 11) is -0.699. The van der Waals surface area contributed by atoms with E-state index in [0.29, 0.717) is 0 Å². The molecule has 0 saturated heterocycles. The molecule has 0 aliphatic carbocycles. The molecular formula is C34H47P. The number of benzene rings is 3. The van der Waals surface area contributed by atoms with Gasteiger partial charge in [0, 0.05) is 0 Å². The van der Waals surface area contributed by atoms with Crippen LogP contribution in [0.3, 0.4) is 0 Å². The SMILES string of the molecule is CC(C)(C)c1cc(P(c2ccccc2)c2cc(C(C)(C)C)cc(C(C)(C)C)c2)cc(C(C)(C)C)c1. The van der Waals surface area contributed by atoms with Crippen LogP contribution in [0.2, 0.25) is 0 Å². The van der Waals surface area contributed by atoms with Gasteiger partial charge in [-0.25, -0.2) is 0 Å². The van der Waals surface area contributed by atoms with Crippen LogP contribution in [-0.4, -0.2) is 0 Å². The van der Waals surface area contributed by atoms with E-state index in [0.717, 1.165) is 0 Å². The van der Waals surface area contributed by atoms with E-state index in [1.165, 1.54) is 38.2 Å². The molecule has 0 bridgehead atoms. The molecule has 0 aliphatic rings. The lowest BCUT2D eigenvalue weighted by Crippen LogP contribution is -2.27. The molecule has 1 heteroatoms. The summed E-state index contributed by atoms with van der Waals surface area (Å²) in [6, 6.07) is 26.0. The summed E-state index contributed by atoms with van der Waals surface area (Å²) in [4.78, 5) is 0. The molecule has 0 amide bonds. The molecule has 0 aromatic heterocycles. The summed E-state index contributed by atoms with van der Waals surface area (Å²) in [5.74, 6) is 0. The van der Waals surface area contributed by atoms with Crippen molar-refractivity contribution in [3.05, 3.63) is 89.0 Å². The maximum atomic E-state index is 2.49. The molecule has 3 aromatic rings. The Hall–Kier alpha value is -1.91. The highest BCUT2D eigenvalue weighted by atomic mass is 31.1. The van der Waals surface area contributed by atoms with Crippen LogP contribution in [0.15, 0.2) is 66.7 Å². The number of hydrogen-bond acceptors (Lipinski definition) is 0. The van der Waals surface area contributed by atoms with Crippen LogP contribution in [0.25, 0.3) is 0 Å². The molecule has 0 atom stereocenters. The van der Waals surface area contributed by atoms with Gasteiger partial charge in [-0.05, 0) is 67.7 Å². The maximum Gasteiger partial charge on any atom is -0.0132 e. The van der Waals surface area contributed by atoms with E-state index >= 15 is 0 Å². The van der Waals surface area contributed by atoms with E-state index < -0.39 is 7.92 Å². The maximum absolute atomic E-state index is 2.49. The molecule has 0 heterocycles. The van der Waals surface area contributed by atoms with Gasteiger partial charge >= 0.3 is 0 Å². The van der Waals surface area contributed by atoms with Crippen molar-refractivity contribution < 1.29 is 0 Å². The Kier molecular flexibility index (Phi) is 7.52. The molecule has 0 N–H and O–H groups in total. The van der Waals surface area contributed by atoms with Gasteiger partial charge < -0.3 is 0 Å². The molecule has 0 unspecified atom stereocenters. The summed E-state index contributed by atoms with van der Waals surface area (Å²) < 4.78 is 0. The normalized spacial score (nSPS) is 13.4. The molecule has 35 heavy (non-hydrogen) atoms. The summed E-state index contributed by atoms with van der Waals surface area (Å²) in [6.45, 7) is 28.0. The van der Waals surface area contributed by atoms with Crippen molar-refractivity contribution in [1.29, 1.82) is 0 Å². The zero-order chi connectivity index (χ0) is 26.4. The minimum Gasteiger partial charge on any atom is -0.0622 e. The summed E-state index contributed by atoms with van der Waals surface area (Å²) in [6.07, 6.45) is 0. The fourth-order valence-electron chi connectivity index (χ4n) is 4.24. The van der Waals surface area contributed by atoms with Crippen LogP contribution in [0.1, 0.15) is 105 Å². The van der Waals surface area contributed by atoms with Crippen LogP contribution in [0.5, 0.6) is 0 Å². The van der Waals surface area contributed by atoms with Crippen LogP contribution in [0, 0.1) is 0 Å². The first-order valence-electron chi connectivity index (χ1n) is 13.0. The van der Waals surface area contributed by atoms with Gasteiger partial charge in [-0.2, -0.15) is 0 Å². The van der Waals surface area contributed by atoms with Crippen molar-refractivity contribution in [2.75, 3.05) is 0 Å². The first-order chi connectivity index (χ1) is 15.9. The summed E-state index contributed by atoms with van der Waals surface area (Å²) in [5.41, 5.74) is 6.07. The zero-order valence-corrected chi connectivity index (χ0v) is 25.2. The quantitative estimate of drug-likeness (QED) is 0.325. The average molecular weight is 487 g/mol. The highest BCUT2D eigenvalue weighted by Crippen LogP contribution is 2.39. The third-order valence-corrected chi connectivity index (χ3v) is 9.19.